The molecule has 5 heteroatoms. The summed E-state index contributed by atoms with van der Waals surface area (Å²) in [5, 5.41) is 0. The number of likely N-dealkylation sites (tertiary alicyclic amines) is 1. The Labute approximate surface area is 118 Å². The first-order valence-corrected chi connectivity index (χ1v) is 6.60. The number of para-hydroxylation sites is 1. The van der Waals surface area contributed by atoms with Gasteiger partial charge >= 0.3 is 6.09 Å². The van der Waals surface area contributed by atoms with Crippen molar-refractivity contribution in [2.45, 2.75) is 38.9 Å². The highest BCUT2D eigenvalue weighted by molar-refractivity contribution is 5.94. The number of ether oxygens (including phenoxy) is 2. The van der Waals surface area contributed by atoms with Gasteiger partial charge in [0.1, 0.15) is 17.5 Å². The Bertz CT molecular complexity index is 492. The summed E-state index contributed by atoms with van der Waals surface area (Å²) in [6.07, 6.45) is -0.743. The molecule has 1 atom stereocenters. The standard InChI is InChI=1S/C15H19NO4/c1-15(2,3)20-14(18)16-10-12(9-13(16)17)19-11-7-5-4-6-8-11/h4-8,12H,9-10H2,1-3H3. The molecule has 0 N–H and O–H groups in total. The highest BCUT2D eigenvalue weighted by Gasteiger charge is 2.37. The summed E-state index contributed by atoms with van der Waals surface area (Å²) in [4.78, 5) is 24.9. The largest absolute Gasteiger partial charge is 0.488 e. The zero-order chi connectivity index (χ0) is 14.8. The van der Waals surface area contributed by atoms with Gasteiger partial charge in [0.25, 0.3) is 0 Å². The number of rotatable bonds is 2. The molecule has 1 aliphatic rings. The van der Waals surface area contributed by atoms with Crippen molar-refractivity contribution in [1.82, 2.24) is 4.90 Å². The Kier molecular flexibility index (Phi) is 3.97. The quantitative estimate of drug-likeness (QED) is 0.833. The lowest BCUT2D eigenvalue weighted by Gasteiger charge is -2.23. The lowest BCUT2D eigenvalue weighted by Crippen LogP contribution is -2.38. The predicted octanol–water partition coefficient (Wildman–Crippen LogP) is 2.60. The van der Waals surface area contributed by atoms with E-state index < -0.39 is 11.7 Å². The maximum absolute atomic E-state index is 11.9. The maximum Gasteiger partial charge on any atom is 0.417 e. The van der Waals surface area contributed by atoms with Crippen molar-refractivity contribution in [2.75, 3.05) is 6.54 Å². The number of benzene rings is 1. The Morgan fingerprint density at radius 3 is 2.50 bits per heavy atom. The molecular weight excluding hydrogens is 258 g/mol. The van der Waals surface area contributed by atoms with Crippen molar-refractivity contribution in [3.05, 3.63) is 30.3 Å². The van der Waals surface area contributed by atoms with Crippen molar-refractivity contribution < 1.29 is 19.1 Å². The Balaban J connectivity index is 1.95. The SMILES string of the molecule is CC(C)(C)OC(=O)N1CC(Oc2ccccc2)CC1=O. The van der Waals surface area contributed by atoms with Crippen LogP contribution in [0.3, 0.4) is 0 Å². The van der Waals surface area contributed by atoms with E-state index in [0.29, 0.717) is 5.75 Å². The van der Waals surface area contributed by atoms with E-state index in [4.69, 9.17) is 9.47 Å². The minimum atomic E-state index is -0.615. The Hall–Kier alpha value is -2.04. The molecule has 0 spiro atoms. The molecule has 0 aliphatic carbocycles. The van der Waals surface area contributed by atoms with Gasteiger partial charge in [-0.05, 0) is 32.9 Å². The molecule has 2 amide bonds. The summed E-state index contributed by atoms with van der Waals surface area (Å²) in [6, 6.07) is 9.25. The molecular formula is C15H19NO4. The van der Waals surface area contributed by atoms with E-state index in [9.17, 15) is 9.59 Å². The lowest BCUT2D eigenvalue weighted by molar-refractivity contribution is -0.127. The van der Waals surface area contributed by atoms with Crippen molar-refractivity contribution in [3.8, 4) is 5.75 Å². The topological polar surface area (TPSA) is 55.8 Å². The van der Waals surface area contributed by atoms with E-state index in [0.717, 1.165) is 4.90 Å². The second-order valence-corrected chi connectivity index (χ2v) is 5.74. The van der Waals surface area contributed by atoms with Crippen LogP contribution in [0, 0.1) is 0 Å². The highest BCUT2D eigenvalue weighted by Crippen LogP contribution is 2.21. The van der Waals surface area contributed by atoms with Gasteiger partial charge in [-0.1, -0.05) is 18.2 Å². The third-order valence-corrected chi connectivity index (χ3v) is 2.75. The van der Waals surface area contributed by atoms with Gasteiger partial charge in [-0.15, -0.1) is 0 Å². The van der Waals surface area contributed by atoms with E-state index >= 15 is 0 Å². The third kappa shape index (κ3) is 3.73. The van der Waals surface area contributed by atoms with Crippen LogP contribution in [0.2, 0.25) is 0 Å². The number of hydrogen-bond donors (Lipinski definition) is 0. The van der Waals surface area contributed by atoms with E-state index in [1.807, 2.05) is 30.3 Å². The molecule has 1 fully saturated rings. The number of imide groups is 1. The van der Waals surface area contributed by atoms with E-state index in [1.165, 1.54) is 0 Å². The molecule has 0 bridgehead atoms. The van der Waals surface area contributed by atoms with Crippen LogP contribution in [-0.4, -0.2) is 35.2 Å². The number of hydrogen-bond acceptors (Lipinski definition) is 4. The first-order chi connectivity index (χ1) is 9.35. The summed E-state index contributed by atoms with van der Waals surface area (Å²) in [5.74, 6) is 0.427. The van der Waals surface area contributed by atoms with Crippen LogP contribution in [0.1, 0.15) is 27.2 Å². The van der Waals surface area contributed by atoms with E-state index in [-0.39, 0.29) is 25.0 Å². The summed E-state index contributed by atoms with van der Waals surface area (Å²) in [5.41, 5.74) is -0.615. The predicted molar refractivity (Wildman–Crippen MR) is 73.4 cm³/mol. The molecule has 1 aromatic carbocycles. The van der Waals surface area contributed by atoms with Crippen LogP contribution in [-0.2, 0) is 9.53 Å². The lowest BCUT2D eigenvalue weighted by atomic mass is 10.2. The smallest absolute Gasteiger partial charge is 0.417 e. The van der Waals surface area contributed by atoms with Crippen LogP contribution >= 0.6 is 0 Å². The fourth-order valence-electron chi connectivity index (χ4n) is 1.94. The molecule has 0 radical (unpaired) electrons. The van der Waals surface area contributed by atoms with E-state index in [2.05, 4.69) is 0 Å². The van der Waals surface area contributed by atoms with Crippen molar-refractivity contribution >= 4 is 12.0 Å². The highest BCUT2D eigenvalue weighted by atomic mass is 16.6. The van der Waals surface area contributed by atoms with Gasteiger partial charge in [-0.3, -0.25) is 4.79 Å². The van der Waals surface area contributed by atoms with Crippen LogP contribution in [0.4, 0.5) is 4.79 Å². The number of nitrogens with zero attached hydrogens (tertiary/aromatic N) is 1. The second-order valence-electron chi connectivity index (χ2n) is 5.74. The van der Waals surface area contributed by atoms with Gasteiger partial charge in [0.2, 0.25) is 5.91 Å². The van der Waals surface area contributed by atoms with Crippen LogP contribution in [0.15, 0.2) is 30.3 Å². The third-order valence-electron chi connectivity index (χ3n) is 2.75. The average molecular weight is 277 g/mol. The zero-order valence-electron chi connectivity index (χ0n) is 12.0. The molecule has 1 unspecified atom stereocenters. The second kappa shape index (κ2) is 5.53. The average Bonchev–Trinajstić information content (AvgIpc) is 2.69. The molecule has 5 nitrogen and oxygen atoms in total. The van der Waals surface area contributed by atoms with Crippen molar-refractivity contribution in [3.63, 3.8) is 0 Å². The molecule has 108 valence electrons. The van der Waals surface area contributed by atoms with Crippen LogP contribution < -0.4 is 4.74 Å². The van der Waals surface area contributed by atoms with Gasteiger partial charge in [0.05, 0.1) is 13.0 Å². The molecule has 1 saturated heterocycles. The van der Waals surface area contributed by atoms with Gasteiger partial charge in [-0.2, -0.15) is 0 Å². The summed E-state index contributed by atoms with van der Waals surface area (Å²) >= 11 is 0. The summed E-state index contributed by atoms with van der Waals surface area (Å²) in [7, 11) is 0. The number of amides is 2. The van der Waals surface area contributed by atoms with Crippen molar-refractivity contribution in [2.24, 2.45) is 0 Å². The number of carbonyl (C=O) groups excluding carboxylic acids is 2. The van der Waals surface area contributed by atoms with Gasteiger partial charge in [0, 0.05) is 0 Å². The minimum absolute atomic E-state index is 0.189. The fraction of sp³-hybridized carbons (Fsp3) is 0.467. The maximum atomic E-state index is 11.9. The molecule has 0 saturated carbocycles. The van der Waals surface area contributed by atoms with Gasteiger partial charge in [0.15, 0.2) is 0 Å². The molecule has 2 rings (SSSR count). The minimum Gasteiger partial charge on any atom is -0.488 e. The van der Waals surface area contributed by atoms with Crippen LogP contribution in [0.25, 0.3) is 0 Å². The summed E-state index contributed by atoms with van der Waals surface area (Å²) in [6.45, 7) is 5.53. The normalized spacial score (nSPS) is 19.1. The fourth-order valence-corrected chi connectivity index (χ4v) is 1.94. The van der Waals surface area contributed by atoms with Gasteiger partial charge in [-0.25, -0.2) is 9.69 Å². The molecule has 1 aromatic rings. The van der Waals surface area contributed by atoms with E-state index in [1.54, 1.807) is 20.8 Å². The van der Waals surface area contributed by atoms with Crippen LogP contribution in [0.5, 0.6) is 5.75 Å². The number of carbonyl (C=O) groups is 2. The molecule has 1 heterocycles. The Morgan fingerprint density at radius 2 is 1.90 bits per heavy atom. The molecule has 20 heavy (non-hydrogen) atoms. The molecule has 0 aromatic heterocycles. The zero-order valence-corrected chi connectivity index (χ0v) is 12.0. The first-order valence-electron chi connectivity index (χ1n) is 6.60. The monoisotopic (exact) mass is 277 g/mol. The first kappa shape index (κ1) is 14.4. The Morgan fingerprint density at radius 1 is 1.25 bits per heavy atom. The van der Waals surface area contributed by atoms with Crippen molar-refractivity contribution in [1.29, 1.82) is 0 Å². The summed E-state index contributed by atoms with van der Waals surface area (Å²) < 4.78 is 10.9. The molecule has 1 aliphatic heterocycles. The van der Waals surface area contributed by atoms with Gasteiger partial charge < -0.3 is 9.47 Å².